The van der Waals surface area contributed by atoms with Gasteiger partial charge in [-0.25, -0.2) is 4.98 Å². The molecular formula is C17H22N4O2S. The second-order valence-corrected chi connectivity index (χ2v) is 7.15. The van der Waals surface area contributed by atoms with Gasteiger partial charge in [0.1, 0.15) is 5.75 Å². The standard InChI is InChI=1S/C17H22N4O2S/c1-12(16(22)21-10-4-3-5-11-21)24-17-18-15(19-20-17)13-6-8-14(23-2)9-7-13/h6-9,12H,3-5,10-11H2,1-2H3,(H,18,19,20)/t12-/m0/s1. The first-order valence-corrected chi connectivity index (χ1v) is 9.07. The zero-order valence-corrected chi connectivity index (χ0v) is 14.8. The number of thioether (sulfide) groups is 1. The van der Waals surface area contributed by atoms with Crippen molar-refractivity contribution in [3.8, 4) is 17.1 Å². The Morgan fingerprint density at radius 3 is 2.62 bits per heavy atom. The number of benzene rings is 1. The third-order valence-corrected chi connectivity index (χ3v) is 5.07. The molecule has 0 radical (unpaired) electrons. The summed E-state index contributed by atoms with van der Waals surface area (Å²) in [7, 11) is 1.64. The fourth-order valence-electron chi connectivity index (χ4n) is 2.76. The van der Waals surface area contributed by atoms with Crippen LogP contribution in [0.3, 0.4) is 0 Å². The van der Waals surface area contributed by atoms with E-state index in [0.717, 1.165) is 37.2 Å². The van der Waals surface area contributed by atoms with Crippen LogP contribution in [0, 0.1) is 0 Å². The molecule has 0 saturated carbocycles. The SMILES string of the molecule is COc1ccc(-c2nc(S[C@@H](C)C(=O)N3CCCCC3)n[nH]2)cc1. The third kappa shape index (κ3) is 3.90. The molecule has 7 heteroatoms. The van der Waals surface area contributed by atoms with Crippen LogP contribution in [0.5, 0.6) is 5.75 Å². The molecule has 0 aliphatic carbocycles. The second kappa shape index (κ2) is 7.70. The number of rotatable bonds is 5. The summed E-state index contributed by atoms with van der Waals surface area (Å²) in [5, 5.41) is 7.58. The number of hydrogen-bond acceptors (Lipinski definition) is 5. The predicted molar refractivity (Wildman–Crippen MR) is 94.1 cm³/mol. The van der Waals surface area contributed by atoms with Gasteiger partial charge in [0.05, 0.1) is 12.4 Å². The number of nitrogens with one attached hydrogen (secondary N) is 1. The van der Waals surface area contributed by atoms with Crippen molar-refractivity contribution in [1.82, 2.24) is 20.1 Å². The van der Waals surface area contributed by atoms with E-state index in [2.05, 4.69) is 15.2 Å². The molecule has 128 valence electrons. The molecule has 0 spiro atoms. The molecule has 0 unspecified atom stereocenters. The molecule has 1 aliphatic rings. The normalized spacial score (nSPS) is 16.0. The number of piperidine rings is 1. The zero-order valence-electron chi connectivity index (χ0n) is 14.0. The van der Waals surface area contributed by atoms with Crippen LogP contribution in [0.15, 0.2) is 29.4 Å². The number of aromatic nitrogens is 3. The number of methoxy groups -OCH3 is 1. The molecule has 1 atom stereocenters. The highest BCUT2D eigenvalue weighted by atomic mass is 32.2. The lowest BCUT2D eigenvalue weighted by Crippen LogP contribution is -2.40. The van der Waals surface area contributed by atoms with Crippen molar-refractivity contribution >= 4 is 17.7 Å². The second-order valence-electron chi connectivity index (χ2n) is 5.84. The molecule has 1 fully saturated rings. The highest BCUT2D eigenvalue weighted by Gasteiger charge is 2.24. The Morgan fingerprint density at radius 1 is 1.25 bits per heavy atom. The summed E-state index contributed by atoms with van der Waals surface area (Å²) in [6, 6.07) is 7.62. The van der Waals surface area contributed by atoms with Gasteiger partial charge < -0.3 is 9.64 Å². The summed E-state index contributed by atoms with van der Waals surface area (Å²) in [6.07, 6.45) is 3.42. The molecule has 3 rings (SSSR count). The molecule has 1 aromatic heterocycles. The Bertz CT molecular complexity index is 680. The van der Waals surface area contributed by atoms with Gasteiger partial charge in [-0.1, -0.05) is 11.8 Å². The zero-order chi connectivity index (χ0) is 16.9. The molecule has 6 nitrogen and oxygen atoms in total. The van der Waals surface area contributed by atoms with Crippen LogP contribution in [0.25, 0.3) is 11.4 Å². The Labute approximate surface area is 146 Å². The minimum atomic E-state index is -0.178. The van der Waals surface area contributed by atoms with Gasteiger partial charge >= 0.3 is 0 Å². The summed E-state index contributed by atoms with van der Waals surface area (Å²) >= 11 is 1.40. The van der Waals surface area contributed by atoms with Gasteiger partial charge in [-0.3, -0.25) is 9.89 Å². The summed E-state index contributed by atoms with van der Waals surface area (Å²) in [5.74, 6) is 1.67. The van der Waals surface area contributed by atoms with Crippen molar-refractivity contribution < 1.29 is 9.53 Å². The number of carbonyl (C=O) groups excluding carboxylic acids is 1. The van der Waals surface area contributed by atoms with E-state index < -0.39 is 0 Å². The van der Waals surface area contributed by atoms with E-state index in [-0.39, 0.29) is 11.2 Å². The van der Waals surface area contributed by atoms with Crippen molar-refractivity contribution in [2.75, 3.05) is 20.2 Å². The van der Waals surface area contributed by atoms with Gasteiger partial charge in [0.25, 0.3) is 0 Å². The quantitative estimate of drug-likeness (QED) is 0.843. The van der Waals surface area contributed by atoms with Crippen LogP contribution >= 0.6 is 11.8 Å². The molecule has 2 heterocycles. The first kappa shape index (κ1) is 16.8. The smallest absolute Gasteiger partial charge is 0.235 e. The van der Waals surface area contributed by atoms with Crippen molar-refractivity contribution in [3.05, 3.63) is 24.3 Å². The van der Waals surface area contributed by atoms with E-state index in [4.69, 9.17) is 4.74 Å². The third-order valence-electron chi connectivity index (χ3n) is 4.13. The molecule has 1 saturated heterocycles. The van der Waals surface area contributed by atoms with E-state index >= 15 is 0 Å². The van der Waals surface area contributed by atoms with E-state index in [1.165, 1.54) is 18.2 Å². The minimum Gasteiger partial charge on any atom is -0.497 e. The Balaban J connectivity index is 1.63. The number of amides is 1. The van der Waals surface area contributed by atoms with E-state index in [9.17, 15) is 4.79 Å². The van der Waals surface area contributed by atoms with Crippen molar-refractivity contribution in [2.45, 2.75) is 36.6 Å². The van der Waals surface area contributed by atoms with E-state index in [1.807, 2.05) is 36.1 Å². The summed E-state index contributed by atoms with van der Waals surface area (Å²) in [4.78, 5) is 18.9. The van der Waals surface area contributed by atoms with Crippen molar-refractivity contribution in [2.24, 2.45) is 0 Å². The van der Waals surface area contributed by atoms with Crippen molar-refractivity contribution in [1.29, 1.82) is 0 Å². The minimum absolute atomic E-state index is 0.176. The van der Waals surface area contributed by atoms with E-state index in [0.29, 0.717) is 11.0 Å². The van der Waals surface area contributed by atoms with Crippen LogP contribution in [0.4, 0.5) is 0 Å². The first-order chi connectivity index (χ1) is 11.7. The van der Waals surface area contributed by atoms with Crippen molar-refractivity contribution in [3.63, 3.8) is 0 Å². The average Bonchev–Trinajstić information content (AvgIpc) is 3.10. The molecule has 0 bridgehead atoms. The number of aromatic amines is 1. The Morgan fingerprint density at radius 2 is 1.96 bits per heavy atom. The maximum atomic E-state index is 12.5. The van der Waals surface area contributed by atoms with Gasteiger partial charge in [0.2, 0.25) is 11.1 Å². The average molecular weight is 346 g/mol. The van der Waals surface area contributed by atoms with Crippen LogP contribution in [0.2, 0.25) is 0 Å². The fourth-order valence-corrected chi connectivity index (χ4v) is 3.57. The molecule has 24 heavy (non-hydrogen) atoms. The number of H-pyrrole nitrogens is 1. The largest absolute Gasteiger partial charge is 0.497 e. The number of hydrogen-bond donors (Lipinski definition) is 1. The van der Waals surface area contributed by atoms with Crippen LogP contribution in [0.1, 0.15) is 26.2 Å². The molecule has 1 amide bonds. The van der Waals surface area contributed by atoms with Gasteiger partial charge in [-0.15, -0.1) is 5.10 Å². The summed E-state index contributed by atoms with van der Waals surface area (Å²) in [5.41, 5.74) is 0.935. The highest BCUT2D eigenvalue weighted by molar-refractivity contribution is 8.00. The lowest BCUT2D eigenvalue weighted by Gasteiger charge is -2.28. The number of carbonyl (C=O) groups is 1. The summed E-state index contributed by atoms with van der Waals surface area (Å²) in [6.45, 7) is 3.66. The summed E-state index contributed by atoms with van der Waals surface area (Å²) < 4.78 is 5.15. The lowest BCUT2D eigenvalue weighted by atomic mass is 10.1. The molecule has 1 aromatic carbocycles. The van der Waals surface area contributed by atoms with Gasteiger partial charge in [0, 0.05) is 18.7 Å². The van der Waals surface area contributed by atoms with Gasteiger partial charge in [0.15, 0.2) is 5.82 Å². The number of likely N-dealkylation sites (tertiary alicyclic amines) is 1. The lowest BCUT2D eigenvalue weighted by molar-refractivity contribution is -0.131. The van der Waals surface area contributed by atoms with Gasteiger partial charge in [-0.05, 0) is 50.5 Å². The topological polar surface area (TPSA) is 71.1 Å². The Kier molecular flexibility index (Phi) is 5.40. The monoisotopic (exact) mass is 346 g/mol. The number of ether oxygens (including phenoxy) is 1. The van der Waals surface area contributed by atoms with Crippen LogP contribution in [-0.2, 0) is 4.79 Å². The highest BCUT2D eigenvalue weighted by Crippen LogP contribution is 2.25. The van der Waals surface area contributed by atoms with Gasteiger partial charge in [-0.2, -0.15) is 0 Å². The maximum absolute atomic E-state index is 12.5. The fraction of sp³-hybridized carbons (Fsp3) is 0.471. The molecule has 1 aliphatic heterocycles. The predicted octanol–water partition coefficient (Wildman–Crippen LogP) is 2.97. The van der Waals surface area contributed by atoms with Crippen LogP contribution < -0.4 is 4.74 Å². The molecule has 2 aromatic rings. The maximum Gasteiger partial charge on any atom is 0.235 e. The number of nitrogens with zero attached hydrogens (tertiary/aromatic N) is 3. The van der Waals surface area contributed by atoms with Crippen LogP contribution in [-0.4, -0.2) is 51.4 Å². The molecular weight excluding hydrogens is 324 g/mol. The molecule has 1 N–H and O–H groups in total. The van der Waals surface area contributed by atoms with E-state index in [1.54, 1.807) is 7.11 Å². The first-order valence-electron chi connectivity index (χ1n) is 8.19. The Hall–Kier alpha value is -2.02.